The Balaban J connectivity index is 1.51. The maximum Gasteiger partial charge on any atom is 0.144 e. The van der Waals surface area contributed by atoms with Crippen LogP contribution >= 0.6 is 11.6 Å². The summed E-state index contributed by atoms with van der Waals surface area (Å²) in [6, 6.07) is 6.56. The van der Waals surface area contributed by atoms with Crippen LogP contribution in [0.4, 0.5) is 5.82 Å². The molecule has 0 aliphatic carbocycles. The highest BCUT2D eigenvalue weighted by Gasteiger charge is 2.20. The molecule has 0 radical (unpaired) electrons. The molecule has 24 heavy (non-hydrogen) atoms. The Morgan fingerprint density at radius 2 is 2.00 bits per heavy atom. The van der Waals surface area contributed by atoms with E-state index in [0.717, 1.165) is 50.3 Å². The van der Waals surface area contributed by atoms with Gasteiger partial charge in [0.05, 0.1) is 5.02 Å². The molecule has 126 valence electrons. The van der Waals surface area contributed by atoms with Gasteiger partial charge >= 0.3 is 0 Å². The van der Waals surface area contributed by atoms with Gasteiger partial charge in [0.2, 0.25) is 0 Å². The molecule has 0 bridgehead atoms. The van der Waals surface area contributed by atoms with E-state index in [4.69, 9.17) is 11.6 Å². The molecule has 2 aromatic rings. The van der Waals surface area contributed by atoms with E-state index >= 15 is 0 Å². The average molecular weight is 343 g/mol. The summed E-state index contributed by atoms with van der Waals surface area (Å²) < 4.78 is 0. The molecule has 0 aromatic carbocycles. The van der Waals surface area contributed by atoms with Crippen molar-refractivity contribution in [1.29, 1.82) is 0 Å². The molecule has 0 saturated carbocycles. The number of rotatable bonds is 6. The zero-order valence-corrected chi connectivity index (χ0v) is 14.5. The third-order valence-electron chi connectivity index (χ3n) is 4.36. The SMILES string of the molecule is C=CCc1cnc(NC2CCN(Cc3ccncc3)CC2)c(Cl)c1. The van der Waals surface area contributed by atoms with Gasteiger partial charge in [-0.1, -0.05) is 17.7 Å². The van der Waals surface area contributed by atoms with Gasteiger partial charge in [-0.05, 0) is 48.6 Å². The number of nitrogens with one attached hydrogen (secondary N) is 1. The fourth-order valence-electron chi connectivity index (χ4n) is 3.04. The number of hydrogen-bond acceptors (Lipinski definition) is 4. The fourth-order valence-corrected chi connectivity index (χ4v) is 3.28. The third-order valence-corrected chi connectivity index (χ3v) is 4.65. The lowest BCUT2D eigenvalue weighted by Gasteiger charge is -2.32. The summed E-state index contributed by atoms with van der Waals surface area (Å²) in [6.07, 6.45) is 10.4. The second-order valence-electron chi connectivity index (χ2n) is 6.22. The second kappa shape index (κ2) is 8.27. The highest BCUT2D eigenvalue weighted by Crippen LogP contribution is 2.24. The monoisotopic (exact) mass is 342 g/mol. The van der Waals surface area contributed by atoms with E-state index < -0.39 is 0 Å². The molecule has 1 saturated heterocycles. The van der Waals surface area contributed by atoms with E-state index in [1.54, 1.807) is 0 Å². The maximum atomic E-state index is 6.34. The summed E-state index contributed by atoms with van der Waals surface area (Å²) in [6.45, 7) is 6.89. The van der Waals surface area contributed by atoms with Crippen LogP contribution in [0, 0.1) is 0 Å². The van der Waals surface area contributed by atoms with Crippen LogP contribution in [0.15, 0.2) is 49.4 Å². The fraction of sp³-hybridized carbons (Fsp3) is 0.368. The molecule has 2 aromatic heterocycles. The number of likely N-dealkylation sites (tertiary alicyclic amines) is 1. The topological polar surface area (TPSA) is 41.1 Å². The molecule has 3 heterocycles. The van der Waals surface area contributed by atoms with Gasteiger partial charge in [0, 0.05) is 44.3 Å². The Hall–Kier alpha value is -1.91. The Morgan fingerprint density at radius 3 is 2.67 bits per heavy atom. The lowest BCUT2D eigenvalue weighted by molar-refractivity contribution is 0.211. The predicted molar refractivity (Wildman–Crippen MR) is 99.3 cm³/mol. The number of allylic oxidation sites excluding steroid dienone is 1. The minimum Gasteiger partial charge on any atom is -0.366 e. The van der Waals surface area contributed by atoms with E-state index in [0.29, 0.717) is 11.1 Å². The normalized spacial score (nSPS) is 16.0. The van der Waals surface area contributed by atoms with Gasteiger partial charge in [-0.3, -0.25) is 9.88 Å². The number of piperidine rings is 1. The summed E-state index contributed by atoms with van der Waals surface area (Å²) >= 11 is 6.34. The molecule has 4 nitrogen and oxygen atoms in total. The van der Waals surface area contributed by atoms with Crippen LogP contribution in [-0.4, -0.2) is 34.0 Å². The summed E-state index contributed by atoms with van der Waals surface area (Å²) in [7, 11) is 0. The van der Waals surface area contributed by atoms with Crippen molar-refractivity contribution in [2.24, 2.45) is 0 Å². The van der Waals surface area contributed by atoms with Crippen molar-refractivity contribution in [3.8, 4) is 0 Å². The zero-order chi connectivity index (χ0) is 16.8. The van der Waals surface area contributed by atoms with Gasteiger partial charge in [0.25, 0.3) is 0 Å². The maximum absolute atomic E-state index is 6.34. The molecule has 0 atom stereocenters. The third kappa shape index (κ3) is 4.56. The first kappa shape index (κ1) is 16.9. The molecule has 3 rings (SSSR count). The number of pyridine rings is 2. The van der Waals surface area contributed by atoms with Crippen LogP contribution < -0.4 is 5.32 Å². The lowest BCUT2D eigenvalue weighted by Crippen LogP contribution is -2.38. The van der Waals surface area contributed by atoms with Gasteiger partial charge in [0.15, 0.2) is 0 Å². The highest BCUT2D eigenvalue weighted by atomic mass is 35.5. The van der Waals surface area contributed by atoms with Crippen molar-refractivity contribution in [3.63, 3.8) is 0 Å². The Morgan fingerprint density at radius 1 is 1.25 bits per heavy atom. The standard InChI is InChI=1S/C19H23ClN4/c1-2-3-16-12-18(20)19(22-13-16)23-17-6-10-24(11-7-17)14-15-4-8-21-9-5-15/h2,4-5,8-9,12-13,17H,1,3,6-7,10-11,14H2,(H,22,23). The first-order valence-electron chi connectivity index (χ1n) is 8.37. The molecule has 1 aliphatic heterocycles. The Bertz CT molecular complexity index is 666. The van der Waals surface area contributed by atoms with Gasteiger partial charge in [0.1, 0.15) is 5.82 Å². The van der Waals surface area contributed by atoms with Crippen LogP contribution in [0.5, 0.6) is 0 Å². The molecular weight excluding hydrogens is 320 g/mol. The van der Waals surface area contributed by atoms with Crippen molar-refractivity contribution in [2.75, 3.05) is 18.4 Å². The Labute approximate surface area is 148 Å². The smallest absolute Gasteiger partial charge is 0.144 e. The van der Waals surface area contributed by atoms with Crippen LogP contribution in [0.3, 0.4) is 0 Å². The number of anilines is 1. The molecule has 0 spiro atoms. The van der Waals surface area contributed by atoms with Crippen molar-refractivity contribution in [1.82, 2.24) is 14.9 Å². The number of halogens is 1. The Kier molecular flexibility index (Phi) is 5.83. The van der Waals surface area contributed by atoms with Crippen LogP contribution in [0.1, 0.15) is 24.0 Å². The predicted octanol–water partition coefficient (Wildman–Crippen LogP) is 3.94. The summed E-state index contributed by atoms with van der Waals surface area (Å²) in [4.78, 5) is 11.0. The first-order valence-corrected chi connectivity index (χ1v) is 8.75. The molecule has 1 N–H and O–H groups in total. The van der Waals surface area contributed by atoms with Gasteiger partial charge in [-0.25, -0.2) is 4.98 Å². The number of aromatic nitrogens is 2. The van der Waals surface area contributed by atoms with E-state index in [1.807, 2.05) is 30.7 Å². The quantitative estimate of drug-likeness (QED) is 0.807. The summed E-state index contributed by atoms with van der Waals surface area (Å²) in [5, 5.41) is 4.19. The van der Waals surface area contributed by atoms with Crippen LogP contribution in [-0.2, 0) is 13.0 Å². The second-order valence-corrected chi connectivity index (χ2v) is 6.62. The first-order chi connectivity index (χ1) is 11.7. The van der Waals surface area contributed by atoms with E-state index in [9.17, 15) is 0 Å². The lowest BCUT2D eigenvalue weighted by atomic mass is 10.0. The van der Waals surface area contributed by atoms with Crippen molar-refractivity contribution < 1.29 is 0 Å². The van der Waals surface area contributed by atoms with E-state index in [2.05, 4.69) is 38.9 Å². The van der Waals surface area contributed by atoms with E-state index in [1.165, 1.54) is 5.56 Å². The largest absolute Gasteiger partial charge is 0.366 e. The zero-order valence-electron chi connectivity index (χ0n) is 13.8. The van der Waals surface area contributed by atoms with Gasteiger partial charge < -0.3 is 5.32 Å². The molecule has 0 unspecified atom stereocenters. The summed E-state index contributed by atoms with van der Waals surface area (Å²) in [5.41, 5.74) is 2.41. The average Bonchev–Trinajstić information content (AvgIpc) is 2.60. The molecule has 1 aliphatic rings. The molecule has 1 fully saturated rings. The molecule has 5 heteroatoms. The van der Waals surface area contributed by atoms with Gasteiger partial charge in [-0.2, -0.15) is 0 Å². The highest BCUT2D eigenvalue weighted by molar-refractivity contribution is 6.32. The van der Waals surface area contributed by atoms with Crippen molar-refractivity contribution >= 4 is 17.4 Å². The minimum atomic E-state index is 0.425. The molecule has 0 amide bonds. The van der Waals surface area contributed by atoms with Gasteiger partial charge in [-0.15, -0.1) is 6.58 Å². The summed E-state index contributed by atoms with van der Waals surface area (Å²) in [5.74, 6) is 0.789. The number of hydrogen-bond donors (Lipinski definition) is 1. The van der Waals surface area contributed by atoms with E-state index in [-0.39, 0.29) is 0 Å². The number of nitrogens with zero attached hydrogens (tertiary/aromatic N) is 3. The van der Waals surface area contributed by atoms with Crippen LogP contribution in [0.2, 0.25) is 5.02 Å². The van der Waals surface area contributed by atoms with Crippen molar-refractivity contribution in [2.45, 2.75) is 31.8 Å². The minimum absolute atomic E-state index is 0.425. The van der Waals surface area contributed by atoms with Crippen LogP contribution in [0.25, 0.3) is 0 Å². The molecular formula is C19H23ClN4. The van der Waals surface area contributed by atoms with Crippen molar-refractivity contribution in [3.05, 3.63) is 65.6 Å².